The number of carbonyl (C=O) groups is 1. The molecule has 1 aromatic rings. The van der Waals surface area contributed by atoms with Gasteiger partial charge >= 0.3 is 0 Å². The molecule has 4 heteroatoms. The molecule has 0 bridgehead atoms. The summed E-state index contributed by atoms with van der Waals surface area (Å²) in [5.41, 5.74) is 1.58. The Morgan fingerprint density at radius 3 is 2.79 bits per heavy atom. The fourth-order valence-corrected chi connectivity index (χ4v) is 2.48. The van der Waals surface area contributed by atoms with E-state index >= 15 is 0 Å². The number of carbonyl (C=O) groups excluding carboxylic acids is 1. The van der Waals surface area contributed by atoms with Gasteiger partial charge in [0.25, 0.3) is 5.91 Å². The summed E-state index contributed by atoms with van der Waals surface area (Å²) in [4.78, 5) is 16.6. The van der Waals surface area contributed by atoms with Gasteiger partial charge in [0.05, 0.1) is 0 Å². The van der Waals surface area contributed by atoms with E-state index in [9.17, 15) is 4.79 Å². The summed E-state index contributed by atoms with van der Waals surface area (Å²) in [6.07, 6.45) is 5.71. The second-order valence-corrected chi connectivity index (χ2v) is 5.26. The zero-order valence-corrected chi connectivity index (χ0v) is 11.8. The number of hydrogen-bond acceptors (Lipinski definition) is 3. The Kier molecular flexibility index (Phi) is 4.77. The lowest BCUT2D eigenvalue weighted by atomic mass is 10.2. The molecule has 1 aliphatic rings. The Balaban J connectivity index is 2.04. The Morgan fingerprint density at radius 2 is 2.11 bits per heavy atom. The van der Waals surface area contributed by atoms with E-state index in [4.69, 9.17) is 0 Å². The zero-order chi connectivity index (χ0) is 13.7. The lowest BCUT2D eigenvalue weighted by Gasteiger charge is -2.13. The molecule has 0 atom stereocenters. The molecule has 1 heterocycles. The molecule has 0 aliphatic heterocycles. The molecule has 4 nitrogen and oxygen atoms in total. The molecule has 2 N–H and O–H groups in total. The van der Waals surface area contributed by atoms with E-state index in [-0.39, 0.29) is 5.91 Å². The van der Waals surface area contributed by atoms with Gasteiger partial charge in [-0.25, -0.2) is 4.98 Å². The van der Waals surface area contributed by atoms with Crippen molar-refractivity contribution in [2.75, 3.05) is 11.9 Å². The largest absolute Gasteiger partial charge is 0.370 e. The van der Waals surface area contributed by atoms with Gasteiger partial charge < -0.3 is 10.6 Å². The maximum absolute atomic E-state index is 12.2. The van der Waals surface area contributed by atoms with Gasteiger partial charge in [-0.15, -0.1) is 0 Å². The Hall–Kier alpha value is -1.58. The molecular weight excluding hydrogens is 238 g/mol. The van der Waals surface area contributed by atoms with E-state index in [0.717, 1.165) is 37.3 Å². The van der Waals surface area contributed by atoms with Crippen molar-refractivity contribution < 1.29 is 4.79 Å². The van der Waals surface area contributed by atoms with Crippen molar-refractivity contribution in [2.24, 2.45) is 0 Å². The third-order valence-corrected chi connectivity index (χ3v) is 3.46. The van der Waals surface area contributed by atoms with E-state index < -0.39 is 0 Å². The molecule has 1 aliphatic carbocycles. The summed E-state index contributed by atoms with van der Waals surface area (Å²) in [6.45, 7) is 4.90. The van der Waals surface area contributed by atoms with Crippen molar-refractivity contribution >= 4 is 11.7 Å². The second-order valence-electron chi connectivity index (χ2n) is 5.26. The van der Waals surface area contributed by atoms with Gasteiger partial charge in [-0.05, 0) is 38.3 Å². The number of nitrogens with one attached hydrogen (secondary N) is 2. The smallest absolute Gasteiger partial charge is 0.251 e. The molecule has 2 rings (SSSR count). The molecule has 0 radical (unpaired) electrons. The first-order valence-electron chi connectivity index (χ1n) is 7.22. The van der Waals surface area contributed by atoms with Crippen molar-refractivity contribution in [1.82, 2.24) is 10.3 Å². The van der Waals surface area contributed by atoms with E-state index in [1.54, 1.807) is 0 Å². The third kappa shape index (κ3) is 3.94. The summed E-state index contributed by atoms with van der Waals surface area (Å²) in [5, 5.41) is 6.34. The average molecular weight is 261 g/mol. The van der Waals surface area contributed by atoms with E-state index in [0.29, 0.717) is 11.6 Å². The highest BCUT2D eigenvalue weighted by Gasteiger charge is 2.18. The number of anilines is 1. The highest BCUT2D eigenvalue weighted by Crippen LogP contribution is 2.18. The number of pyridine rings is 1. The molecule has 0 aromatic carbocycles. The zero-order valence-electron chi connectivity index (χ0n) is 11.8. The molecule has 1 amide bonds. The van der Waals surface area contributed by atoms with Crippen LogP contribution in [-0.4, -0.2) is 23.5 Å². The minimum atomic E-state index is 0.0250. The van der Waals surface area contributed by atoms with Gasteiger partial charge in [0, 0.05) is 23.8 Å². The van der Waals surface area contributed by atoms with Crippen LogP contribution in [-0.2, 0) is 0 Å². The van der Waals surface area contributed by atoms with E-state index in [2.05, 4.69) is 22.5 Å². The molecule has 1 fully saturated rings. The van der Waals surface area contributed by atoms with Gasteiger partial charge in [-0.3, -0.25) is 4.79 Å². The first kappa shape index (κ1) is 13.8. The molecule has 1 aromatic heterocycles. The van der Waals surface area contributed by atoms with Crippen LogP contribution in [0.4, 0.5) is 5.82 Å². The van der Waals surface area contributed by atoms with E-state index in [1.165, 1.54) is 12.8 Å². The molecule has 104 valence electrons. The standard InChI is InChI=1S/C15H23N3O/c1-3-8-16-14-10-12(9-11(2)17-14)15(19)18-13-6-4-5-7-13/h9-10,13H,3-8H2,1-2H3,(H,16,17)(H,18,19). The van der Waals surface area contributed by atoms with Gasteiger partial charge in [0.1, 0.15) is 5.82 Å². The average Bonchev–Trinajstić information content (AvgIpc) is 2.88. The number of nitrogens with zero attached hydrogens (tertiary/aromatic N) is 1. The molecule has 19 heavy (non-hydrogen) atoms. The van der Waals surface area contributed by atoms with Crippen molar-refractivity contribution in [1.29, 1.82) is 0 Å². The highest BCUT2D eigenvalue weighted by atomic mass is 16.1. The second kappa shape index (κ2) is 6.55. The van der Waals surface area contributed by atoms with Crippen molar-refractivity contribution in [3.05, 3.63) is 23.4 Å². The van der Waals surface area contributed by atoms with Crippen LogP contribution in [0.25, 0.3) is 0 Å². The maximum Gasteiger partial charge on any atom is 0.251 e. The Bertz CT molecular complexity index is 439. The molecule has 0 spiro atoms. The predicted molar refractivity (Wildman–Crippen MR) is 77.5 cm³/mol. The van der Waals surface area contributed by atoms with Gasteiger partial charge in [0.15, 0.2) is 0 Å². The number of aryl methyl sites for hydroxylation is 1. The Morgan fingerprint density at radius 1 is 1.37 bits per heavy atom. The SMILES string of the molecule is CCCNc1cc(C(=O)NC2CCCC2)cc(C)n1. The lowest BCUT2D eigenvalue weighted by molar-refractivity contribution is 0.0937. The first-order valence-corrected chi connectivity index (χ1v) is 7.22. The van der Waals surface area contributed by atoms with Gasteiger partial charge in [0.2, 0.25) is 0 Å². The van der Waals surface area contributed by atoms with Crippen molar-refractivity contribution in [2.45, 2.75) is 52.0 Å². The van der Waals surface area contributed by atoms with Crippen LogP contribution in [0.2, 0.25) is 0 Å². The highest BCUT2D eigenvalue weighted by molar-refractivity contribution is 5.95. The van der Waals surface area contributed by atoms with E-state index in [1.807, 2.05) is 19.1 Å². The Labute approximate surface area is 115 Å². The van der Waals surface area contributed by atoms with Crippen LogP contribution >= 0.6 is 0 Å². The van der Waals surface area contributed by atoms with Crippen LogP contribution in [0.1, 0.15) is 55.1 Å². The van der Waals surface area contributed by atoms with Crippen LogP contribution in [0.3, 0.4) is 0 Å². The fourth-order valence-electron chi connectivity index (χ4n) is 2.48. The minimum Gasteiger partial charge on any atom is -0.370 e. The lowest BCUT2D eigenvalue weighted by Crippen LogP contribution is -2.32. The minimum absolute atomic E-state index is 0.0250. The summed E-state index contributed by atoms with van der Waals surface area (Å²) >= 11 is 0. The topological polar surface area (TPSA) is 54.0 Å². The molecule has 0 unspecified atom stereocenters. The van der Waals surface area contributed by atoms with Crippen LogP contribution < -0.4 is 10.6 Å². The first-order chi connectivity index (χ1) is 9.19. The molecular formula is C15H23N3O. The predicted octanol–water partition coefficient (Wildman–Crippen LogP) is 2.88. The maximum atomic E-state index is 12.2. The van der Waals surface area contributed by atoms with Crippen LogP contribution in [0.5, 0.6) is 0 Å². The summed E-state index contributed by atoms with van der Waals surface area (Å²) in [5.74, 6) is 0.815. The quantitative estimate of drug-likeness (QED) is 0.857. The van der Waals surface area contributed by atoms with Crippen LogP contribution in [0, 0.1) is 6.92 Å². The summed E-state index contributed by atoms with van der Waals surface area (Å²) in [6, 6.07) is 4.04. The summed E-state index contributed by atoms with van der Waals surface area (Å²) in [7, 11) is 0. The number of rotatable bonds is 5. The van der Waals surface area contributed by atoms with Crippen molar-refractivity contribution in [3.63, 3.8) is 0 Å². The normalized spacial score (nSPS) is 15.5. The number of hydrogen-bond donors (Lipinski definition) is 2. The third-order valence-electron chi connectivity index (χ3n) is 3.46. The van der Waals surface area contributed by atoms with Crippen molar-refractivity contribution in [3.8, 4) is 0 Å². The molecule has 1 saturated carbocycles. The number of amides is 1. The summed E-state index contributed by atoms with van der Waals surface area (Å²) < 4.78 is 0. The van der Waals surface area contributed by atoms with Gasteiger partial charge in [-0.2, -0.15) is 0 Å². The monoisotopic (exact) mass is 261 g/mol. The van der Waals surface area contributed by atoms with Crippen LogP contribution in [0.15, 0.2) is 12.1 Å². The molecule has 0 saturated heterocycles. The number of aromatic nitrogens is 1. The fraction of sp³-hybridized carbons (Fsp3) is 0.600. The van der Waals surface area contributed by atoms with Gasteiger partial charge in [-0.1, -0.05) is 19.8 Å².